The molecule has 3 fully saturated rings. The van der Waals surface area contributed by atoms with Crippen molar-refractivity contribution in [1.29, 1.82) is 0 Å². The number of carbonyl (C=O) groups is 1. The Labute approximate surface area is 167 Å². The lowest BCUT2D eigenvalue weighted by Crippen LogP contribution is -2.54. The van der Waals surface area contributed by atoms with Crippen molar-refractivity contribution in [3.63, 3.8) is 0 Å². The van der Waals surface area contributed by atoms with Crippen LogP contribution in [0.25, 0.3) is 6.08 Å². The minimum absolute atomic E-state index is 0. The normalized spacial score (nSPS) is 31.1. The zero-order valence-electron chi connectivity index (χ0n) is 15.7. The maximum Gasteiger partial charge on any atom is 0.225 e. The summed E-state index contributed by atoms with van der Waals surface area (Å²) in [7, 11) is 0. The van der Waals surface area contributed by atoms with E-state index in [0.29, 0.717) is 18.1 Å². The van der Waals surface area contributed by atoms with Crippen LogP contribution in [0.15, 0.2) is 30.3 Å². The number of piperidine rings is 1. The molecule has 1 amide bonds. The highest BCUT2D eigenvalue weighted by Crippen LogP contribution is 2.44. The molecule has 1 N–H and O–H groups in total. The Balaban J connectivity index is 0.00000180. The molecule has 0 aromatic heterocycles. The number of hydrogen-bond donors (Lipinski definition) is 1. The lowest BCUT2D eigenvalue weighted by atomic mass is 9.74. The van der Waals surface area contributed by atoms with Crippen molar-refractivity contribution >= 4 is 24.4 Å². The van der Waals surface area contributed by atoms with Crippen molar-refractivity contribution in [3.05, 3.63) is 41.5 Å². The molecule has 1 aromatic carbocycles. The summed E-state index contributed by atoms with van der Waals surface area (Å²) < 4.78 is 5.86. The number of fused-ring (bicyclic) bond motifs is 3. The number of morpholine rings is 1. The van der Waals surface area contributed by atoms with E-state index >= 15 is 0 Å². The standard InChI is InChI=1S/C22H28N2O2.ClH/c25-21(17-5-6-20-19(15-17)23-11-14-26-20)24-12-9-22(10-13-24)8-7-16-3-1-2-4-18(16)22;/h1-4,7-8,17,19-20,23H,5-6,9-15H2;1H/t17-,19+,20+;/m0./s1. The molecule has 2 aliphatic heterocycles. The molecule has 2 saturated heterocycles. The lowest BCUT2D eigenvalue weighted by Gasteiger charge is -2.43. The highest BCUT2D eigenvalue weighted by Gasteiger charge is 2.42. The SMILES string of the molecule is Cl.O=C([C@H]1CC[C@H]2OCCN[C@@H]2C1)N1CCC2(C=Cc3ccccc32)CC1. The second-order valence-electron chi connectivity index (χ2n) is 8.38. The first kappa shape index (κ1) is 19.0. The first-order chi connectivity index (χ1) is 12.8. The molecule has 5 rings (SSSR count). The van der Waals surface area contributed by atoms with Gasteiger partial charge < -0.3 is 15.0 Å². The van der Waals surface area contributed by atoms with Crippen LogP contribution in [0.5, 0.6) is 0 Å². The van der Waals surface area contributed by atoms with Crippen LogP contribution in [-0.4, -0.2) is 49.2 Å². The molecular formula is C22H29ClN2O2. The summed E-state index contributed by atoms with van der Waals surface area (Å²) in [5.41, 5.74) is 2.97. The second kappa shape index (κ2) is 7.57. The van der Waals surface area contributed by atoms with E-state index in [-0.39, 0.29) is 23.7 Å². The van der Waals surface area contributed by atoms with Crippen LogP contribution in [0.2, 0.25) is 0 Å². The average Bonchev–Trinajstić information content (AvgIpc) is 3.06. The molecule has 2 aliphatic carbocycles. The minimum Gasteiger partial charge on any atom is -0.375 e. The molecule has 0 bridgehead atoms. The van der Waals surface area contributed by atoms with Crippen molar-refractivity contribution in [2.45, 2.75) is 49.7 Å². The Hall–Kier alpha value is -1.36. The highest BCUT2D eigenvalue weighted by atomic mass is 35.5. The van der Waals surface area contributed by atoms with Gasteiger partial charge in [0.1, 0.15) is 0 Å². The Morgan fingerprint density at radius 2 is 2.00 bits per heavy atom. The number of amides is 1. The zero-order valence-corrected chi connectivity index (χ0v) is 16.5. The smallest absolute Gasteiger partial charge is 0.225 e. The van der Waals surface area contributed by atoms with E-state index in [9.17, 15) is 4.79 Å². The van der Waals surface area contributed by atoms with Gasteiger partial charge in [-0.2, -0.15) is 0 Å². The van der Waals surface area contributed by atoms with Gasteiger partial charge in [-0.15, -0.1) is 12.4 Å². The Morgan fingerprint density at radius 3 is 2.85 bits per heavy atom. The van der Waals surface area contributed by atoms with E-state index in [2.05, 4.69) is 46.6 Å². The van der Waals surface area contributed by atoms with Crippen molar-refractivity contribution in [2.75, 3.05) is 26.2 Å². The van der Waals surface area contributed by atoms with Gasteiger partial charge in [-0.05, 0) is 43.2 Å². The topological polar surface area (TPSA) is 41.6 Å². The summed E-state index contributed by atoms with van der Waals surface area (Å²) in [5.74, 6) is 0.548. The number of carbonyl (C=O) groups excluding carboxylic acids is 1. The number of benzene rings is 1. The number of likely N-dealkylation sites (tertiary alicyclic amines) is 1. The number of nitrogens with zero attached hydrogens (tertiary/aromatic N) is 1. The van der Waals surface area contributed by atoms with Crippen molar-refractivity contribution in [1.82, 2.24) is 10.2 Å². The van der Waals surface area contributed by atoms with E-state index in [1.54, 1.807) is 0 Å². The fourth-order valence-electron chi connectivity index (χ4n) is 5.49. The van der Waals surface area contributed by atoms with E-state index < -0.39 is 0 Å². The van der Waals surface area contributed by atoms with E-state index in [1.807, 2.05) is 0 Å². The molecule has 4 nitrogen and oxygen atoms in total. The number of rotatable bonds is 1. The van der Waals surface area contributed by atoms with Gasteiger partial charge in [-0.25, -0.2) is 0 Å². The summed E-state index contributed by atoms with van der Waals surface area (Å²) in [6, 6.07) is 9.09. The van der Waals surface area contributed by atoms with E-state index in [0.717, 1.165) is 58.3 Å². The Kier molecular flexibility index (Phi) is 5.32. The number of nitrogens with one attached hydrogen (secondary N) is 1. The summed E-state index contributed by atoms with van der Waals surface area (Å²) in [5, 5.41) is 3.55. The van der Waals surface area contributed by atoms with Crippen LogP contribution >= 0.6 is 12.4 Å². The molecule has 4 aliphatic rings. The average molecular weight is 389 g/mol. The van der Waals surface area contributed by atoms with Crippen LogP contribution in [0.1, 0.15) is 43.2 Å². The molecule has 2 heterocycles. The molecule has 1 aromatic rings. The molecule has 1 spiro atoms. The van der Waals surface area contributed by atoms with Crippen molar-refractivity contribution < 1.29 is 9.53 Å². The molecular weight excluding hydrogens is 360 g/mol. The predicted octanol–water partition coefficient (Wildman–Crippen LogP) is 3.15. The van der Waals surface area contributed by atoms with Gasteiger partial charge in [0.25, 0.3) is 0 Å². The fourth-order valence-corrected chi connectivity index (χ4v) is 5.49. The van der Waals surface area contributed by atoms with E-state index in [4.69, 9.17) is 4.74 Å². The number of hydrogen-bond acceptors (Lipinski definition) is 3. The quantitative estimate of drug-likeness (QED) is 0.803. The van der Waals surface area contributed by atoms with Crippen LogP contribution in [0.4, 0.5) is 0 Å². The minimum atomic E-state index is 0. The summed E-state index contributed by atoms with van der Waals surface area (Å²) in [4.78, 5) is 15.2. The molecule has 3 atom stereocenters. The maximum absolute atomic E-state index is 13.1. The van der Waals surface area contributed by atoms with Crippen molar-refractivity contribution in [3.8, 4) is 0 Å². The Morgan fingerprint density at radius 1 is 1.19 bits per heavy atom. The number of halogens is 1. The van der Waals surface area contributed by atoms with Gasteiger partial charge >= 0.3 is 0 Å². The maximum atomic E-state index is 13.1. The molecule has 27 heavy (non-hydrogen) atoms. The second-order valence-corrected chi connectivity index (χ2v) is 8.38. The molecule has 5 heteroatoms. The van der Waals surface area contributed by atoms with Gasteiger partial charge in [0, 0.05) is 37.0 Å². The molecule has 1 saturated carbocycles. The number of ether oxygens (including phenoxy) is 1. The first-order valence-electron chi connectivity index (χ1n) is 10.2. The van der Waals surface area contributed by atoms with Gasteiger partial charge in [0.05, 0.1) is 12.7 Å². The summed E-state index contributed by atoms with van der Waals surface area (Å²) in [6.45, 7) is 3.49. The van der Waals surface area contributed by atoms with Crippen molar-refractivity contribution in [2.24, 2.45) is 5.92 Å². The third-order valence-corrected chi connectivity index (χ3v) is 7.02. The first-order valence-corrected chi connectivity index (χ1v) is 10.2. The third-order valence-electron chi connectivity index (χ3n) is 7.02. The van der Waals surface area contributed by atoms with E-state index in [1.165, 1.54) is 11.1 Å². The highest BCUT2D eigenvalue weighted by molar-refractivity contribution is 5.85. The number of allylic oxidation sites excluding steroid dienone is 1. The van der Waals surface area contributed by atoms with Gasteiger partial charge in [-0.1, -0.05) is 36.4 Å². The predicted molar refractivity (Wildman–Crippen MR) is 109 cm³/mol. The molecule has 146 valence electrons. The summed E-state index contributed by atoms with van der Waals surface area (Å²) >= 11 is 0. The van der Waals surface area contributed by atoms with Crippen LogP contribution in [-0.2, 0) is 14.9 Å². The largest absolute Gasteiger partial charge is 0.375 e. The molecule has 0 radical (unpaired) electrons. The zero-order chi connectivity index (χ0) is 17.6. The Bertz CT molecular complexity index is 727. The fraction of sp³-hybridized carbons (Fsp3) is 0.591. The summed E-state index contributed by atoms with van der Waals surface area (Å²) in [6.07, 6.45) is 10.00. The molecule has 0 unspecified atom stereocenters. The van der Waals surface area contributed by atoms with Gasteiger partial charge in [0.2, 0.25) is 5.91 Å². The van der Waals surface area contributed by atoms with Gasteiger partial charge in [0.15, 0.2) is 0 Å². The third kappa shape index (κ3) is 3.32. The monoisotopic (exact) mass is 388 g/mol. The van der Waals surface area contributed by atoms with Crippen LogP contribution in [0, 0.1) is 5.92 Å². The lowest BCUT2D eigenvalue weighted by molar-refractivity contribution is -0.140. The van der Waals surface area contributed by atoms with Crippen LogP contribution in [0.3, 0.4) is 0 Å². The van der Waals surface area contributed by atoms with Crippen LogP contribution < -0.4 is 5.32 Å². The van der Waals surface area contributed by atoms with Gasteiger partial charge in [-0.3, -0.25) is 4.79 Å².